The first-order valence-corrected chi connectivity index (χ1v) is 4.71. The number of benzene rings is 1. The van der Waals surface area contributed by atoms with Crippen LogP contribution in [0, 0.1) is 10.5 Å². The fourth-order valence-electron chi connectivity index (χ4n) is 0.928. The maximum absolute atomic E-state index is 11.2. The molecule has 3 nitrogen and oxygen atoms in total. The van der Waals surface area contributed by atoms with Gasteiger partial charge in [-0.25, -0.2) is 4.79 Å². The van der Waals surface area contributed by atoms with Crippen LogP contribution < -0.4 is 0 Å². The van der Waals surface area contributed by atoms with Crippen LogP contribution in [0.15, 0.2) is 12.1 Å². The zero-order valence-corrected chi connectivity index (χ0v) is 9.45. The highest BCUT2D eigenvalue weighted by Crippen LogP contribution is 2.23. The smallest absolute Gasteiger partial charge is 0.339 e. The number of aryl methyl sites for hydroxylation is 1. The van der Waals surface area contributed by atoms with Crippen molar-refractivity contribution >= 4 is 28.6 Å². The first kappa shape index (κ1) is 10.3. The Morgan fingerprint density at radius 1 is 1.54 bits per heavy atom. The molecule has 0 radical (unpaired) electrons. The summed E-state index contributed by atoms with van der Waals surface area (Å²) < 4.78 is 5.33. The molecule has 0 aromatic heterocycles. The first-order valence-electron chi connectivity index (χ1n) is 3.63. The Balaban J connectivity index is 3.23. The summed E-state index contributed by atoms with van der Waals surface area (Å²) in [5.41, 5.74) is 1.14. The summed E-state index contributed by atoms with van der Waals surface area (Å²) in [6.07, 6.45) is 0. The zero-order valence-electron chi connectivity index (χ0n) is 7.30. The molecule has 0 heterocycles. The van der Waals surface area contributed by atoms with Gasteiger partial charge in [0.1, 0.15) is 5.75 Å². The number of hydrogen-bond donors (Lipinski definition) is 1. The van der Waals surface area contributed by atoms with Gasteiger partial charge in [-0.1, -0.05) is 0 Å². The van der Waals surface area contributed by atoms with Crippen molar-refractivity contribution in [1.29, 1.82) is 0 Å². The van der Waals surface area contributed by atoms with Gasteiger partial charge < -0.3 is 9.84 Å². The van der Waals surface area contributed by atoms with Crippen molar-refractivity contribution < 1.29 is 14.6 Å². The predicted octanol–water partition coefficient (Wildman–Crippen LogP) is 2.09. The van der Waals surface area contributed by atoms with Crippen molar-refractivity contribution in [3.63, 3.8) is 0 Å². The van der Waals surface area contributed by atoms with E-state index in [0.29, 0.717) is 5.56 Å². The summed E-state index contributed by atoms with van der Waals surface area (Å²) in [6, 6.07) is 3.16. The lowest BCUT2D eigenvalue weighted by Gasteiger charge is -2.05. The van der Waals surface area contributed by atoms with Crippen LogP contribution in [0.3, 0.4) is 0 Å². The lowest BCUT2D eigenvalue weighted by Crippen LogP contribution is -2.03. The van der Waals surface area contributed by atoms with Crippen LogP contribution in [0.2, 0.25) is 0 Å². The van der Waals surface area contributed by atoms with Gasteiger partial charge >= 0.3 is 5.97 Å². The number of carbonyl (C=O) groups excluding carboxylic acids is 1. The molecule has 0 aliphatic carbocycles. The normalized spacial score (nSPS) is 9.77. The highest BCUT2D eigenvalue weighted by atomic mass is 127. The highest BCUT2D eigenvalue weighted by molar-refractivity contribution is 14.1. The van der Waals surface area contributed by atoms with Crippen LogP contribution in [-0.4, -0.2) is 18.2 Å². The van der Waals surface area contributed by atoms with E-state index >= 15 is 0 Å². The predicted molar refractivity (Wildman–Crippen MR) is 56.9 cm³/mol. The third kappa shape index (κ3) is 2.12. The second kappa shape index (κ2) is 3.95. The molecular formula is C9H9IO3. The van der Waals surface area contributed by atoms with Crippen LogP contribution in [0.1, 0.15) is 15.9 Å². The SMILES string of the molecule is COC(=O)c1cc(O)c(C)cc1I. The molecular weight excluding hydrogens is 283 g/mol. The molecule has 0 spiro atoms. The quantitative estimate of drug-likeness (QED) is 0.637. The van der Waals surface area contributed by atoms with Crippen molar-refractivity contribution in [2.75, 3.05) is 7.11 Å². The molecule has 1 aromatic carbocycles. The highest BCUT2D eigenvalue weighted by Gasteiger charge is 2.12. The minimum Gasteiger partial charge on any atom is -0.508 e. The topological polar surface area (TPSA) is 46.5 Å². The first-order chi connectivity index (χ1) is 6.06. The molecule has 0 aliphatic heterocycles. The number of carbonyl (C=O) groups is 1. The number of esters is 1. The summed E-state index contributed by atoms with van der Waals surface area (Å²) in [4.78, 5) is 11.2. The number of phenols is 1. The number of phenolic OH excluding ortho intramolecular Hbond substituents is 1. The molecule has 4 heteroatoms. The van der Waals surface area contributed by atoms with Gasteiger partial charge in [0.05, 0.1) is 12.7 Å². The molecule has 0 saturated heterocycles. The van der Waals surface area contributed by atoms with Gasteiger partial charge in [-0.05, 0) is 47.2 Å². The van der Waals surface area contributed by atoms with Gasteiger partial charge in [-0.15, -0.1) is 0 Å². The molecule has 0 unspecified atom stereocenters. The standard InChI is InChI=1S/C9H9IO3/c1-5-3-7(10)6(4-8(5)11)9(12)13-2/h3-4,11H,1-2H3. The Kier molecular flexibility index (Phi) is 3.13. The summed E-state index contributed by atoms with van der Waals surface area (Å²) in [5, 5.41) is 9.36. The number of rotatable bonds is 1. The molecule has 0 saturated carbocycles. The van der Waals surface area contributed by atoms with Gasteiger partial charge in [0, 0.05) is 3.57 Å². The number of aromatic hydroxyl groups is 1. The second-order valence-electron chi connectivity index (χ2n) is 2.61. The molecule has 0 atom stereocenters. The molecule has 13 heavy (non-hydrogen) atoms. The average molecular weight is 292 g/mol. The van der Waals surface area contributed by atoms with Gasteiger partial charge in [0.25, 0.3) is 0 Å². The number of hydrogen-bond acceptors (Lipinski definition) is 3. The van der Waals surface area contributed by atoms with Crippen LogP contribution in [0.4, 0.5) is 0 Å². The fraction of sp³-hybridized carbons (Fsp3) is 0.222. The van der Waals surface area contributed by atoms with Crippen molar-refractivity contribution in [2.45, 2.75) is 6.92 Å². The Labute approximate surface area is 89.9 Å². The Morgan fingerprint density at radius 3 is 2.69 bits per heavy atom. The van der Waals surface area contributed by atoms with Crippen molar-refractivity contribution in [1.82, 2.24) is 0 Å². The Bertz CT molecular complexity index is 347. The second-order valence-corrected chi connectivity index (χ2v) is 3.77. The lowest BCUT2D eigenvalue weighted by molar-refractivity contribution is 0.0599. The Hall–Kier alpha value is -0.780. The van der Waals surface area contributed by atoms with E-state index in [1.807, 2.05) is 22.6 Å². The van der Waals surface area contributed by atoms with Crippen LogP contribution in [0.25, 0.3) is 0 Å². The van der Waals surface area contributed by atoms with E-state index in [2.05, 4.69) is 4.74 Å². The molecule has 0 aliphatic rings. The Morgan fingerprint density at radius 2 is 2.15 bits per heavy atom. The lowest BCUT2D eigenvalue weighted by atomic mass is 10.1. The minimum atomic E-state index is -0.431. The van der Waals surface area contributed by atoms with Gasteiger partial charge in [-0.2, -0.15) is 0 Å². The number of halogens is 1. The minimum absolute atomic E-state index is 0.112. The molecule has 1 rings (SSSR count). The van der Waals surface area contributed by atoms with E-state index in [4.69, 9.17) is 0 Å². The molecule has 70 valence electrons. The third-order valence-electron chi connectivity index (χ3n) is 1.69. The largest absolute Gasteiger partial charge is 0.508 e. The number of ether oxygens (including phenoxy) is 1. The van der Waals surface area contributed by atoms with E-state index in [1.165, 1.54) is 13.2 Å². The van der Waals surface area contributed by atoms with Crippen LogP contribution in [0.5, 0.6) is 5.75 Å². The van der Waals surface area contributed by atoms with E-state index in [1.54, 1.807) is 13.0 Å². The monoisotopic (exact) mass is 292 g/mol. The van der Waals surface area contributed by atoms with Crippen molar-refractivity contribution in [3.05, 3.63) is 26.8 Å². The zero-order chi connectivity index (χ0) is 10.0. The molecule has 0 amide bonds. The fourth-order valence-corrected chi connectivity index (χ4v) is 1.77. The van der Waals surface area contributed by atoms with E-state index in [0.717, 1.165) is 9.13 Å². The maximum atomic E-state index is 11.2. The summed E-state index contributed by atoms with van der Waals surface area (Å²) in [6.45, 7) is 1.78. The number of methoxy groups -OCH3 is 1. The van der Waals surface area contributed by atoms with Crippen molar-refractivity contribution in [2.24, 2.45) is 0 Å². The summed E-state index contributed by atoms with van der Waals surface area (Å²) >= 11 is 2.03. The van der Waals surface area contributed by atoms with Crippen LogP contribution >= 0.6 is 22.6 Å². The molecule has 1 N–H and O–H groups in total. The van der Waals surface area contributed by atoms with E-state index in [9.17, 15) is 9.90 Å². The van der Waals surface area contributed by atoms with E-state index < -0.39 is 5.97 Å². The molecule has 1 aromatic rings. The van der Waals surface area contributed by atoms with E-state index in [-0.39, 0.29) is 5.75 Å². The average Bonchev–Trinajstić information content (AvgIpc) is 2.10. The third-order valence-corrected chi connectivity index (χ3v) is 2.58. The summed E-state index contributed by atoms with van der Waals surface area (Å²) in [7, 11) is 1.31. The molecule has 0 bridgehead atoms. The maximum Gasteiger partial charge on any atom is 0.339 e. The van der Waals surface area contributed by atoms with Crippen molar-refractivity contribution in [3.8, 4) is 5.75 Å². The van der Waals surface area contributed by atoms with Gasteiger partial charge in [0.15, 0.2) is 0 Å². The van der Waals surface area contributed by atoms with Gasteiger partial charge in [0.2, 0.25) is 0 Å². The molecule has 0 fully saturated rings. The summed E-state index contributed by atoms with van der Waals surface area (Å²) in [5.74, 6) is -0.319. The van der Waals surface area contributed by atoms with Crippen LogP contribution in [-0.2, 0) is 4.74 Å². The van der Waals surface area contributed by atoms with Gasteiger partial charge in [-0.3, -0.25) is 0 Å².